The van der Waals surface area contributed by atoms with E-state index in [0.717, 1.165) is 6.07 Å². The molecule has 0 aliphatic carbocycles. The molecule has 4 rings (SSSR count). The number of carboxylic acid groups (broad SMARTS) is 1. The Hall–Kier alpha value is -3.57. The van der Waals surface area contributed by atoms with E-state index >= 15 is 0 Å². The molecule has 1 aliphatic rings. The number of halogens is 1. The molecule has 1 amide bonds. The minimum Gasteiger partial charge on any atom is -0.465 e. The first kappa shape index (κ1) is 24.6. The van der Waals surface area contributed by atoms with Crippen LogP contribution in [-0.4, -0.2) is 55.4 Å². The predicted molar refractivity (Wildman–Crippen MR) is 129 cm³/mol. The van der Waals surface area contributed by atoms with Crippen molar-refractivity contribution >= 4 is 27.4 Å². The molecule has 0 spiro atoms. The first-order chi connectivity index (χ1) is 16.6. The third-order valence-corrected chi connectivity index (χ3v) is 7.43. The Morgan fingerprint density at radius 3 is 2.63 bits per heavy atom. The molecule has 0 bridgehead atoms. The number of carbonyl (C=O) groups is 1. The number of amides is 1. The van der Waals surface area contributed by atoms with Crippen molar-refractivity contribution in [2.75, 3.05) is 30.0 Å². The molecule has 1 aromatic heterocycles. The van der Waals surface area contributed by atoms with Crippen LogP contribution in [0.15, 0.2) is 53.4 Å². The van der Waals surface area contributed by atoms with Crippen molar-refractivity contribution < 1.29 is 27.4 Å². The molecule has 0 saturated carbocycles. The van der Waals surface area contributed by atoms with Crippen LogP contribution in [0.2, 0.25) is 0 Å². The number of aromatic nitrogens is 2. The van der Waals surface area contributed by atoms with Crippen LogP contribution in [0.5, 0.6) is 0 Å². The molecule has 0 radical (unpaired) electrons. The number of rotatable bonds is 6. The molecule has 1 saturated heterocycles. The van der Waals surface area contributed by atoms with Crippen molar-refractivity contribution in [3.05, 3.63) is 65.6 Å². The van der Waals surface area contributed by atoms with Crippen LogP contribution in [0.1, 0.15) is 18.2 Å². The molecule has 184 valence electrons. The van der Waals surface area contributed by atoms with Gasteiger partial charge in [0, 0.05) is 23.9 Å². The van der Waals surface area contributed by atoms with Crippen molar-refractivity contribution in [1.82, 2.24) is 9.97 Å². The van der Waals surface area contributed by atoms with E-state index in [1.54, 1.807) is 37.3 Å². The van der Waals surface area contributed by atoms with Gasteiger partial charge in [0.15, 0.2) is 15.7 Å². The molecule has 11 heteroatoms. The van der Waals surface area contributed by atoms with Crippen LogP contribution in [0.25, 0.3) is 11.4 Å². The van der Waals surface area contributed by atoms with Gasteiger partial charge < -0.3 is 14.7 Å². The van der Waals surface area contributed by atoms with Crippen LogP contribution >= 0.6 is 0 Å². The quantitative estimate of drug-likeness (QED) is 0.523. The third-order valence-electron chi connectivity index (χ3n) is 5.65. The first-order valence-electron chi connectivity index (χ1n) is 10.9. The SMILES string of the molecule is Cc1ccc(F)cc1S(=O)(=O)Cc1cc(N2CCOC[C@@H]2C)nc(-c2ccc(NC(=O)O)cc2)n1. The summed E-state index contributed by atoms with van der Waals surface area (Å²) in [5.41, 5.74) is 1.68. The van der Waals surface area contributed by atoms with Gasteiger partial charge in [-0.1, -0.05) is 6.07 Å². The minimum absolute atomic E-state index is 0.0172. The number of nitrogens with zero attached hydrogens (tertiary/aromatic N) is 3. The van der Waals surface area contributed by atoms with Gasteiger partial charge in [-0.2, -0.15) is 0 Å². The Bertz CT molecular complexity index is 1350. The fourth-order valence-electron chi connectivity index (χ4n) is 3.91. The molecule has 2 aromatic carbocycles. The second-order valence-corrected chi connectivity index (χ2v) is 10.3. The van der Waals surface area contributed by atoms with Gasteiger partial charge in [-0.3, -0.25) is 5.32 Å². The number of sulfone groups is 1. The largest absolute Gasteiger partial charge is 0.465 e. The van der Waals surface area contributed by atoms with Gasteiger partial charge in [0.2, 0.25) is 0 Å². The Morgan fingerprint density at radius 2 is 1.94 bits per heavy atom. The fourth-order valence-corrected chi connectivity index (χ4v) is 5.45. The Kier molecular flexibility index (Phi) is 6.99. The lowest BCUT2D eigenvalue weighted by atomic mass is 10.2. The molecule has 9 nitrogen and oxygen atoms in total. The molecular formula is C24H25FN4O5S. The van der Waals surface area contributed by atoms with Crippen LogP contribution < -0.4 is 10.2 Å². The molecule has 1 aliphatic heterocycles. The topological polar surface area (TPSA) is 122 Å². The molecule has 2 heterocycles. The number of nitrogens with one attached hydrogen (secondary N) is 1. The van der Waals surface area contributed by atoms with Crippen molar-refractivity contribution in [2.45, 2.75) is 30.5 Å². The predicted octanol–water partition coefficient (Wildman–Crippen LogP) is 3.88. The second kappa shape index (κ2) is 9.96. The van der Waals surface area contributed by atoms with Gasteiger partial charge in [-0.15, -0.1) is 0 Å². The average Bonchev–Trinajstić information content (AvgIpc) is 2.80. The second-order valence-electron chi connectivity index (χ2n) is 8.33. The van der Waals surface area contributed by atoms with Gasteiger partial charge in [0.25, 0.3) is 0 Å². The molecule has 2 N–H and O–H groups in total. The molecule has 35 heavy (non-hydrogen) atoms. The van der Waals surface area contributed by atoms with Crippen molar-refractivity contribution in [3.63, 3.8) is 0 Å². The Labute approximate surface area is 202 Å². The van der Waals surface area contributed by atoms with Crippen LogP contribution in [-0.2, 0) is 20.3 Å². The van der Waals surface area contributed by atoms with Gasteiger partial charge in [0.05, 0.1) is 35.6 Å². The molecule has 0 unspecified atom stereocenters. The number of hydrogen-bond acceptors (Lipinski definition) is 7. The van der Waals surface area contributed by atoms with Crippen LogP contribution in [0.4, 0.5) is 20.7 Å². The summed E-state index contributed by atoms with van der Waals surface area (Å²) in [6.07, 6.45) is -1.18. The smallest absolute Gasteiger partial charge is 0.409 e. The lowest BCUT2D eigenvalue weighted by Gasteiger charge is -2.34. The number of benzene rings is 2. The van der Waals surface area contributed by atoms with Crippen LogP contribution in [0, 0.1) is 12.7 Å². The van der Waals surface area contributed by atoms with E-state index in [2.05, 4.69) is 15.3 Å². The summed E-state index contributed by atoms with van der Waals surface area (Å²) in [5, 5.41) is 11.2. The summed E-state index contributed by atoms with van der Waals surface area (Å²) in [7, 11) is -3.90. The van der Waals surface area contributed by atoms with E-state index < -0.39 is 27.5 Å². The average molecular weight is 501 g/mol. The normalized spacial score (nSPS) is 16.2. The van der Waals surface area contributed by atoms with Gasteiger partial charge in [-0.05, 0) is 55.8 Å². The number of anilines is 2. The summed E-state index contributed by atoms with van der Waals surface area (Å²) in [6.45, 7) is 5.19. The summed E-state index contributed by atoms with van der Waals surface area (Å²) >= 11 is 0. The molecule has 1 atom stereocenters. The minimum atomic E-state index is -3.90. The zero-order valence-electron chi connectivity index (χ0n) is 19.2. The van der Waals surface area contributed by atoms with Gasteiger partial charge in [-0.25, -0.2) is 27.6 Å². The first-order valence-corrected chi connectivity index (χ1v) is 12.6. The van der Waals surface area contributed by atoms with Gasteiger partial charge in [0.1, 0.15) is 11.6 Å². The molecule has 3 aromatic rings. The Balaban J connectivity index is 1.75. The summed E-state index contributed by atoms with van der Waals surface area (Å²) < 4.78 is 45.7. The zero-order valence-corrected chi connectivity index (χ0v) is 20.0. The summed E-state index contributed by atoms with van der Waals surface area (Å²) in [6, 6.07) is 11.8. The highest BCUT2D eigenvalue weighted by Crippen LogP contribution is 2.27. The van der Waals surface area contributed by atoms with E-state index in [0.29, 0.717) is 48.2 Å². The van der Waals surface area contributed by atoms with Crippen molar-refractivity contribution in [3.8, 4) is 11.4 Å². The maximum atomic E-state index is 13.8. The number of morpholine rings is 1. The maximum Gasteiger partial charge on any atom is 0.409 e. The fraction of sp³-hybridized carbons (Fsp3) is 0.292. The van der Waals surface area contributed by atoms with E-state index in [9.17, 15) is 17.6 Å². The highest BCUT2D eigenvalue weighted by atomic mass is 32.2. The zero-order chi connectivity index (χ0) is 25.2. The van der Waals surface area contributed by atoms with E-state index in [-0.39, 0.29) is 16.6 Å². The molecule has 1 fully saturated rings. The van der Waals surface area contributed by atoms with Crippen molar-refractivity contribution in [1.29, 1.82) is 0 Å². The third kappa shape index (κ3) is 5.75. The Morgan fingerprint density at radius 1 is 1.20 bits per heavy atom. The number of aryl methyl sites for hydroxylation is 1. The lowest BCUT2D eigenvalue weighted by Crippen LogP contribution is -2.44. The van der Waals surface area contributed by atoms with Crippen LogP contribution in [0.3, 0.4) is 0 Å². The number of hydrogen-bond donors (Lipinski definition) is 2. The standard InChI is InChI=1S/C24H25FN4O5S/c1-15-3-6-18(25)11-21(15)35(32,33)14-20-12-22(29-9-10-34-13-16(29)2)28-23(26-20)17-4-7-19(8-5-17)27-24(30)31/h3-8,11-12,16,27H,9-10,13-14H2,1-2H3,(H,30,31)/t16-/m0/s1. The highest BCUT2D eigenvalue weighted by molar-refractivity contribution is 7.90. The van der Waals surface area contributed by atoms with E-state index in [1.165, 1.54) is 12.1 Å². The van der Waals surface area contributed by atoms with E-state index in [1.807, 2.05) is 11.8 Å². The summed E-state index contributed by atoms with van der Waals surface area (Å²) in [5.74, 6) is -0.212. The monoisotopic (exact) mass is 500 g/mol. The van der Waals surface area contributed by atoms with E-state index in [4.69, 9.17) is 9.84 Å². The number of ether oxygens (including phenoxy) is 1. The maximum absolute atomic E-state index is 13.8. The van der Waals surface area contributed by atoms with Gasteiger partial charge >= 0.3 is 6.09 Å². The van der Waals surface area contributed by atoms with Crippen molar-refractivity contribution in [2.24, 2.45) is 0 Å². The highest BCUT2D eigenvalue weighted by Gasteiger charge is 2.25. The summed E-state index contributed by atoms with van der Waals surface area (Å²) in [4.78, 5) is 22.0. The lowest BCUT2D eigenvalue weighted by molar-refractivity contribution is 0.0985. The molecular weight excluding hydrogens is 475 g/mol.